The van der Waals surface area contributed by atoms with Gasteiger partial charge in [0.05, 0.1) is 18.5 Å². The molecule has 76 heavy (non-hydrogen) atoms. The van der Waals surface area contributed by atoms with Crippen LogP contribution < -0.4 is 42.5 Å². The van der Waals surface area contributed by atoms with E-state index < -0.39 is 0 Å². The van der Waals surface area contributed by atoms with Crippen LogP contribution in [0, 0.1) is 36.5 Å². The molecule has 0 aromatic heterocycles. The Labute approximate surface area is 505 Å². The fraction of sp³-hybridized carbons (Fsp3) is 0.552. The molecule has 2 heterocycles. The minimum absolute atomic E-state index is 0. The molecular formula is C58H96MgN8O4S4Zn+2. The second-order valence-electron chi connectivity index (χ2n) is 22.8. The normalized spacial score (nSPS) is 18.5. The molecule has 4 aromatic rings. The Hall–Kier alpha value is -1.45. The number of quaternary nitrogens is 2. The second kappa shape index (κ2) is 34.1. The Bertz CT molecular complexity index is 1940. The number of thioether (sulfide) groups is 4. The minimum atomic E-state index is 0. The minimum Gasteiger partial charge on any atom is -0.507 e. The van der Waals surface area contributed by atoms with Crippen molar-refractivity contribution in [2.45, 2.75) is 127 Å². The number of hydrogen-bond acceptors (Lipinski definition) is 14. The number of hydrogen-bond donors (Lipinski definition) is 12. The Balaban J connectivity index is 0.000000722. The van der Waals surface area contributed by atoms with Crippen LogP contribution in [-0.2, 0) is 71.8 Å². The van der Waals surface area contributed by atoms with Gasteiger partial charge >= 0.3 is 23.1 Å². The van der Waals surface area contributed by atoms with Crippen LogP contribution in [0.3, 0.4) is 0 Å². The Morgan fingerprint density at radius 3 is 0.737 bits per heavy atom. The molecule has 6 rings (SSSR count). The first kappa shape index (κ1) is 72.6. The molecule has 12 nitrogen and oxygen atoms in total. The van der Waals surface area contributed by atoms with Crippen molar-refractivity contribution in [3.8, 4) is 23.0 Å². The zero-order valence-corrected chi connectivity index (χ0v) is 56.6. The van der Waals surface area contributed by atoms with E-state index in [4.69, 9.17) is 0 Å². The maximum Gasteiger partial charge on any atom is 2.00 e. The third kappa shape index (κ3) is 23.2. The molecule has 0 aliphatic carbocycles. The maximum atomic E-state index is 11.0. The van der Waals surface area contributed by atoms with Crippen LogP contribution >= 0.6 is 47.0 Å². The average Bonchev–Trinajstić information content (AvgIpc) is 3.32. The summed E-state index contributed by atoms with van der Waals surface area (Å²) < 4.78 is 0. The van der Waals surface area contributed by atoms with E-state index in [0.717, 1.165) is 120 Å². The molecule has 8 bridgehead atoms. The summed E-state index contributed by atoms with van der Waals surface area (Å²) in [5.74, 6) is 1.61. The number of rotatable bonds is 4. The predicted octanol–water partition coefficient (Wildman–Crippen LogP) is 7.80. The van der Waals surface area contributed by atoms with E-state index in [1.54, 1.807) is 47.0 Å². The van der Waals surface area contributed by atoms with Gasteiger partial charge in [0.25, 0.3) is 0 Å². The van der Waals surface area contributed by atoms with Crippen molar-refractivity contribution in [1.29, 1.82) is 0 Å². The Kier molecular flexibility index (Phi) is 32.6. The Morgan fingerprint density at radius 1 is 0.355 bits per heavy atom. The molecule has 0 fully saturated rings. The van der Waals surface area contributed by atoms with Crippen LogP contribution in [-0.4, -0.2) is 121 Å². The standard InChI is InChI=1S/2C28H44N4O2S2.2CH3.Mg.Zn/c2*1-27(2)15-29-11-19-7-23(35-5)9-21(25(19)33)13-31-17-28(3,4)18-32-14-22-10-24(36-6)8-20(26(22)34)12-30-16-27;;;;/h2*7-10,29-34H,11-18H2,1-6H3;2*1H3;;/q;;2*-1;+2;/p+2. The van der Waals surface area contributed by atoms with Gasteiger partial charge in [-0.1, -0.05) is 41.5 Å². The van der Waals surface area contributed by atoms with Crippen molar-refractivity contribution >= 4 is 70.1 Å². The first-order valence-electron chi connectivity index (χ1n) is 25.5. The van der Waals surface area contributed by atoms with Crippen LogP contribution in [0.4, 0.5) is 0 Å². The summed E-state index contributed by atoms with van der Waals surface area (Å²) in [4.78, 5) is 4.70. The number of nitrogens with one attached hydrogen (secondary N) is 6. The van der Waals surface area contributed by atoms with E-state index in [9.17, 15) is 20.4 Å². The zero-order chi connectivity index (χ0) is 52.7. The van der Waals surface area contributed by atoms with Crippen LogP contribution in [0.2, 0.25) is 0 Å². The van der Waals surface area contributed by atoms with E-state index in [2.05, 4.69) is 171 Å². The summed E-state index contributed by atoms with van der Waals surface area (Å²) in [7, 11) is 0. The van der Waals surface area contributed by atoms with Gasteiger partial charge in [0.2, 0.25) is 0 Å². The molecule has 0 radical (unpaired) electrons. The van der Waals surface area contributed by atoms with E-state index in [-0.39, 0.29) is 79.0 Å². The fourth-order valence-electron chi connectivity index (χ4n) is 9.22. The zero-order valence-electron chi connectivity index (χ0n) is 48.9. The van der Waals surface area contributed by atoms with E-state index in [1.807, 2.05) is 0 Å². The summed E-state index contributed by atoms with van der Waals surface area (Å²) >= 11 is 6.85. The molecule has 18 heteroatoms. The summed E-state index contributed by atoms with van der Waals surface area (Å²) in [6.45, 7) is 29.9. The predicted molar refractivity (Wildman–Crippen MR) is 324 cm³/mol. The van der Waals surface area contributed by atoms with Crippen molar-refractivity contribution in [3.63, 3.8) is 0 Å². The van der Waals surface area contributed by atoms with Crippen molar-refractivity contribution in [3.05, 3.63) is 108 Å². The summed E-state index contributed by atoms with van der Waals surface area (Å²) in [5, 5.41) is 70.0. The van der Waals surface area contributed by atoms with Gasteiger partial charge in [0.15, 0.2) is 0 Å². The molecule has 2 aliphatic heterocycles. The molecular weight excluding hydrogens is 1090 g/mol. The first-order valence-corrected chi connectivity index (χ1v) is 30.4. The van der Waals surface area contributed by atoms with Gasteiger partial charge in [-0.15, -0.1) is 47.0 Å². The number of benzene rings is 4. The molecule has 4 aromatic carbocycles. The molecule has 0 unspecified atom stereocenters. The smallest absolute Gasteiger partial charge is 0.507 e. The van der Waals surface area contributed by atoms with Crippen LogP contribution in [0.1, 0.15) is 99.9 Å². The molecule has 418 valence electrons. The van der Waals surface area contributed by atoms with Gasteiger partial charge in [-0.2, -0.15) is 0 Å². The third-order valence-electron chi connectivity index (χ3n) is 13.5. The van der Waals surface area contributed by atoms with E-state index >= 15 is 0 Å². The number of phenolic OH excluding ortho intramolecular Hbond substituents is 4. The number of nitrogens with two attached hydrogens (primary N) is 2. The number of aromatic hydroxyl groups is 4. The SMILES string of the molecule is CSc1cc2c(O)c(c1)CNCC(C)(C)CNCc1cc(SC)cc(c1O)CNCC(C)(C)CNC2.CSc1cc2c(O)c(c1)C[NH2+]CC(C)(C)C[NH2+]Cc1cc(SC)cc(c1O)CNCC(C)(C)CNC2.[CH3-].[CH3-].[Mg+2].[Zn]. The van der Waals surface area contributed by atoms with Gasteiger partial charge in [0.1, 0.15) is 36.1 Å². The largest absolute Gasteiger partial charge is 2.00 e. The number of phenols is 4. The van der Waals surface area contributed by atoms with Gasteiger partial charge in [-0.25, -0.2) is 0 Å². The molecule has 0 atom stereocenters. The van der Waals surface area contributed by atoms with Gasteiger partial charge in [-0.3, -0.25) is 0 Å². The van der Waals surface area contributed by atoms with E-state index in [0.29, 0.717) is 62.3 Å². The van der Waals surface area contributed by atoms with Crippen LogP contribution in [0.15, 0.2) is 68.1 Å². The molecule has 14 N–H and O–H groups in total. The van der Waals surface area contributed by atoms with Crippen LogP contribution in [0.25, 0.3) is 0 Å². The van der Waals surface area contributed by atoms with Crippen molar-refractivity contribution < 1.29 is 50.5 Å². The van der Waals surface area contributed by atoms with Crippen molar-refractivity contribution in [2.75, 3.05) is 77.4 Å². The van der Waals surface area contributed by atoms with Gasteiger partial charge in [0, 0.05) is 162 Å². The van der Waals surface area contributed by atoms with Gasteiger partial charge < -0.3 is 77.8 Å². The molecule has 0 saturated heterocycles. The summed E-state index contributed by atoms with van der Waals surface area (Å²) in [6.07, 6.45) is 8.32. The quantitative estimate of drug-likeness (QED) is 0.0540. The molecule has 0 saturated carbocycles. The van der Waals surface area contributed by atoms with E-state index in [1.165, 1.54) is 9.79 Å². The van der Waals surface area contributed by atoms with Crippen LogP contribution in [0.5, 0.6) is 23.0 Å². The molecule has 0 spiro atoms. The monoisotopic (exact) mass is 1180 g/mol. The van der Waals surface area contributed by atoms with Crippen molar-refractivity contribution in [1.82, 2.24) is 31.9 Å². The molecule has 2 aliphatic rings. The molecule has 0 amide bonds. The first-order chi connectivity index (χ1) is 34.1. The average molecular weight is 1190 g/mol. The van der Waals surface area contributed by atoms with Crippen molar-refractivity contribution in [2.24, 2.45) is 21.7 Å². The topological polar surface area (TPSA) is 186 Å². The maximum absolute atomic E-state index is 11.0. The third-order valence-corrected chi connectivity index (χ3v) is 16.4. The Morgan fingerprint density at radius 2 is 0.539 bits per heavy atom. The summed E-state index contributed by atoms with van der Waals surface area (Å²) in [6, 6.07) is 16.8. The second-order valence-corrected chi connectivity index (χ2v) is 26.4. The number of fused-ring (bicyclic) bond motifs is 8. The summed E-state index contributed by atoms with van der Waals surface area (Å²) in [5.41, 5.74) is 7.78. The fourth-order valence-corrected chi connectivity index (χ4v) is 11.3. The van der Waals surface area contributed by atoms with Gasteiger partial charge in [-0.05, 0) is 104 Å².